The van der Waals surface area contributed by atoms with Crippen molar-refractivity contribution in [1.29, 1.82) is 0 Å². The Balaban J connectivity index is 1.97. The molecule has 0 amide bonds. The Morgan fingerprint density at radius 2 is 1.11 bits per heavy atom. The van der Waals surface area contributed by atoms with Crippen molar-refractivity contribution in [1.82, 2.24) is 0 Å². The van der Waals surface area contributed by atoms with Crippen molar-refractivity contribution in [3.05, 3.63) is 118 Å². The number of rotatable bonds is 11. The van der Waals surface area contributed by atoms with E-state index < -0.39 is 11.4 Å². The highest BCUT2D eigenvalue weighted by Crippen LogP contribution is 2.40. The number of carbonyl (C=O) groups is 3. The molecule has 236 valence electrons. The second-order valence-corrected chi connectivity index (χ2v) is 13.7. The molecule has 0 fully saturated rings. The van der Waals surface area contributed by atoms with Crippen molar-refractivity contribution in [2.75, 3.05) is 0 Å². The molecule has 0 saturated heterocycles. The van der Waals surface area contributed by atoms with Gasteiger partial charge in [0.1, 0.15) is 5.60 Å². The van der Waals surface area contributed by atoms with Crippen LogP contribution in [0.3, 0.4) is 0 Å². The molecular formula is C40H52O4. The summed E-state index contributed by atoms with van der Waals surface area (Å²) in [5, 5.41) is 10.8. The summed E-state index contributed by atoms with van der Waals surface area (Å²) in [6.07, 6.45) is 27.1. The largest absolute Gasteiger partial charge is 0.378 e. The Hall–Kier alpha value is -3.63. The van der Waals surface area contributed by atoms with E-state index in [1.807, 2.05) is 71.1 Å². The molecule has 0 spiro atoms. The van der Waals surface area contributed by atoms with Gasteiger partial charge in [-0.05, 0) is 99.7 Å². The topological polar surface area (TPSA) is 71.4 Å². The van der Waals surface area contributed by atoms with E-state index in [1.54, 1.807) is 12.2 Å². The lowest BCUT2D eigenvalue weighted by atomic mass is 9.72. The number of allylic oxidation sites excluding steroid dienone is 18. The van der Waals surface area contributed by atoms with E-state index in [-0.39, 0.29) is 22.4 Å². The quantitative estimate of drug-likeness (QED) is 0.191. The molecule has 4 heteroatoms. The van der Waals surface area contributed by atoms with Gasteiger partial charge in [0.05, 0.1) is 0 Å². The van der Waals surface area contributed by atoms with E-state index >= 15 is 0 Å². The molecule has 1 unspecified atom stereocenters. The van der Waals surface area contributed by atoms with Crippen molar-refractivity contribution in [2.45, 2.75) is 101 Å². The number of carbonyl (C=O) groups excluding carboxylic acids is 3. The van der Waals surface area contributed by atoms with Crippen molar-refractivity contribution in [3.8, 4) is 0 Å². The fraction of sp³-hybridized carbons (Fsp3) is 0.425. The third kappa shape index (κ3) is 10.5. The Morgan fingerprint density at radius 3 is 1.64 bits per heavy atom. The summed E-state index contributed by atoms with van der Waals surface area (Å²) in [6.45, 7) is 19.7. The van der Waals surface area contributed by atoms with Crippen LogP contribution in [0.25, 0.3) is 0 Å². The number of hydrogen-bond donors (Lipinski definition) is 1. The summed E-state index contributed by atoms with van der Waals surface area (Å²) < 4.78 is 0. The summed E-state index contributed by atoms with van der Waals surface area (Å²) in [6, 6.07) is 0. The predicted octanol–water partition coefficient (Wildman–Crippen LogP) is 9.34. The SMILES string of the molecule is CC1=C(/C=C/C(C)=C\C=C\C(C)=C\C=C\C=C(C)\C=C\C(=O)C(C)(O)/C=C/C2=C(C)C(=O)CCC2(C)C)C(C)(C)CCC1=O. The van der Waals surface area contributed by atoms with Crippen LogP contribution in [0, 0.1) is 10.8 Å². The van der Waals surface area contributed by atoms with Crippen molar-refractivity contribution in [3.63, 3.8) is 0 Å². The molecule has 0 saturated carbocycles. The monoisotopic (exact) mass is 596 g/mol. The molecule has 0 aromatic rings. The first-order chi connectivity index (χ1) is 20.4. The van der Waals surface area contributed by atoms with Gasteiger partial charge in [0.2, 0.25) is 0 Å². The molecule has 2 aliphatic rings. The standard InChI is InChI=1S/C40H52O4/c1-28(16-13-17-30(3)18-20-33-31(4)35(41)23-25-38(33,6)7)14-11-12-15-29(2)19-21-37(43)40(10,44)27-22-34-32(5)36(42)24-26-39(34,8)9/h11-22,27,44H,23-26H2,1-10H3/b12-11+,16-13+,20-18+,21-19+,27-22+,28-14+,29-15+,30-17-. The van der Waals surface area contributed by atoms with Crippen LogP contribution in [-0.4, -0.2) is 28.1 Å². The van der Waals surface area contributed by atoms with Crippen molar-refractivity contribution >= 4 is 17.3 Å². The minimum absolute atomic E-state index is 0.0120. The third-order valence-electron chi connectivity index (χ3n) is 8.69. The number of ketones is 3. The van der Waals surface area contributed by atoms with Gasteiger partial charge in [0.15, 0.2) is 17.3 Å². The molecule has 0 aromatic carbocycles. The van der Waals surface area contributed by atoms with Gasteiger partial charge < -0.3 is 5.11 Å². The lowest BCUT2D eigenvalue weighted by molar-refractivity contribution is -0.126. The Kier molecular flexibility index (Phi) is 12.8. The van der Waals surface area contributed by atoms with Crippen LogP contribution in [-0.2, 0) is 14.4 Å². The van der Waals surface area contributed by atoms with E-state index in [0.717, 1.165) is 46.3 Å². The van der Waals surface area contributed by atoms with Gasteiger partial charge in [0.25, 0.3) is 0 Å². The maximum atomic E-state index is 12.7. The molecule has 4 nitrogen and oxygen atoms in total. The van der Waals surface area contributed by atoms with Gasteiger partial charge >= 0.3 is 0 Å². The van der Waals surface area contributed by atoms with Gasteiger partial charge in [-0.3, -0.25) is 14.4 Å². The van der Waals surface area contributed by atoms with Crippen LogP contribution in [0.5, 0.6) is 0 Å². The van der Waals surface area contributed by atoms with Gasteiger partial charge in [-0.2, -0.15) is 0 Å². The van der Waals surface area contributed by atoms with Crippen LogP contribution in [0.2, 0.25) is 0 Å². The smallest absolute Gasteiger partial charge is 0.190 e. The molecule has 44 heavy (non-hydrogen) atoms. The molecule has 1 atom stereocenters. The Bertz CT molecular complexity index is 1450. The highest BCUT2D eigenvalue weighted by molar-refractivity contribution is 5.99. The van der Waals surface area contributed by atoms with Gasteiger partial charge in [-0.25, -0.2) is 0 Å². The lowest BCUT2D eigenvalue weighted by Gasteiger charge is -2.32. The van der Waals surface area contributed by atoms with Crippen LogP contribution in [0.1, 0.15) is 94.9 Å². The van der Waals surface area contributed by atoms with E-state index in [1.165, 1.54) is 19.1 Å². The van der Waals surface area contributed by atoms with Gasteiger partial charge in [0, 0.05) is 12.8 Å². The molecule has 2 aliphatic carbocycles. The van der Waals surface area contributed by atoms with Gasteiger partial charge in [-0.15, -0.1) is 0 Å². The number of hydrogen-bond acceptors (Lipinski definition) is 4. The number of Topliss-reactive ketones (excluding diaryl/α,β-unsaturated/α-hetero) is 2. The molecule has 1 N–H and O–H groups in total. The van der Waals surface area contributed by atoms with E-state index in [0.29, 0.717) is 18.4 Å². The summed E-state index contributed by atoms with van der Waals surface area (Å²) in [5.74, 6) is -0.0600. The minimum atomic E-state index is -1.67. The summed E-state index contributed by atoms with van der Waals surface area (Å²) in [4.78, 5) is 37.1. The summed E-state index contributed by atoms with van der Waals surface area (Å²) in [5.41, 5.74) is 4.79. The van der Waals surface area contributed by atoms with Crippen LogP contribution in [0.15, 0.2) is 118 Å². The Morgan fingerprint density at radius 1 is 0.682 bits per heavy atom. The molecular weight excluding hydrogens is 544 g/mol. The van der Waals surface area contributed by atoms with E-state index in [2.05, 4.69) is 45.9 Å². The normalized spacial score (nSPS) is 22.1. The zero-order valence-electron chi connectivity index (χ0n) is 28.5. The fourth-order valence-corrected chi connectivity index (χ4v) is 5.36. The zero-order chi connectivity index (χ0) is 33.3. The third-order valence-corrected chi connectivity index (χ3v) is 8.69. The Labute approximate surface area is 265 Å². The molecule has 0 aromatic heterocycles. The molecule has 2 rings (SSSR count). The predicted molar refractivity (Wildman–Crippen MR) is 184 cm³/mol. The van der Waals surface area contributed by atoms with Crippen LogP contribution in [0.4, 0.5) is 0 Å². The number of aliphatic hydroxyl groups is 1. The maximum Gasteiger partial charge on any atom is 0.190 e. The first kappa shape index (κ1) is 36.6. The fourth-order valence-electron chi connectivity index (χ4n) is 5.36. The summed E-state index contributed by atoms with van der Waals surface area (Å²) in [7, 11) is 0. The second-order valence-electron chi connectivity index (χ2n) is 13.7. The average molecular weight is 597 g/mol. The first-order valence-electron chi connectivity index (χ1n) is 15.6. The van der Waals surface area contributed by atoms with Gasteiger partial charge in [-0.1, -0.05) is 111 Å². The highest BCUT2D eigenvalue weighted by atomic mass is 16.3. The minimum Gasteiger partial charge on any atom is -0.378 e. The maximum absolute atomic E-state index is 12.7. The molecule has 0 radical (unpaired) electrons. The zero-order valence-corrected chi connectivity index (χ0v) is 28.5. The molecule has 0 heterocycles. The first-order valence-corrected chi connectivity index (χ1v) is 15.6. The van der Waals surface area contributed by atoms with E-state index in [9.17, 15) is 19.5 Å². The van der Waals surface area contributed by atoms with Crippen molar-refractivity contribution in [2.24, 2.45) is 10.8 Å². The lowest BCUT2D eigenvalue weighted by Crippen LogP contribution is -2.32. The average Bonchev–Trinajstić information content (AvgIpc) is 2.93. The van der Waals surface area contributed by atoms with Crippen molar-refractivity contribution < 1.29 is 19.5 Å². The van der Waals surface area contributed by atoms with Crippen LogP contribution >= 0.6 is 0 Å². The van der Waals surface area contributed by atoms with E-state index in [4.69, 9.17) is 0 Å². The van der Waals surface area contributed by atoms with Crippen LogP contribution < -0.4 is 0 Å². The highest BCUT2D eigenvalue weighted by Gasteiger charge is 2.33. The summed E-state index contributed by atoms with van der Waals surface area (Å²) >= 11 is 0. The molecule has 0 bridgehead atoms. The molecule has 0 aliphatic heterocycles. The second kappa shape index (κ2) is 15.4.